The molecule has 0 aliphatic carbocycles. The summed E-state index contributed by atoms with van der Waals surface area (Å²) in [5.41, 5.74) is 0.540. The number of anilines is 2. The van der Waals surface area contributed by atoms with Gasteiger partial charge in [0, 0.05) is 12.1 Å². The molecule has 2 amide bonds. The average Bonchev–Trinajstić information content (AvgIpc) is 2.66. The number of amides is 2. The van der Waals surface area contributed by atoms with Crippen molar-refractivity contribution in [2.75, 3.05) is 44.2 Å². The number of aromatic nitrogens is 2. The van der Waals surface area contributed by atoms with E-state index in [9.17, 15) is 4.79 Å². The fourth-order valence-corrected chi connectivity index (χ4v) is 2.07. The summed E-state index contributed by atoms with van der Waals surface area (Å²) in [6.07, 6.45) is 2.54. The number of carbonyl (C=O) groups excluding carboxylic acids is 1. The molecule has 1 aromatic carbocycles. The number of methoxy groups -OCH3 is 1. The Morgan fingerprint density at radius 1 is 1.19 bits per heavy atom. The number of rotatable bonds is 9. The van der Waals surface area contributed by atoms with Crippen LogP contribution in [0.25, 0.3) is 0 Å². The van der Waals surface area contributed by atoms with Gasteiger partial charge in [-0.15, -0.1) is 0 Å². The van der Waals surface area contributed by atoms with Crippen LogP contribution in [0, 0.1) is 11.3 Å². The topological polar surface area (TPSA) is 118 Å². The van der Waals surface area contributed by atoms with Crippen molar-refractivity contribution >= 4 is 29.1 Å². The minimum absolute atomic E-state index is 0.152. The fraction of sp³-hybridized carbons (Fsp3) is 0.294. The maximum absolute atomic E-state index is 12.2. The van der Waals surface area contributed by atoms with Crippen molar-refractivity contribution in [3.05, 3.63) is 41.3 Å². The number of nitrogens with one attached hydrogen (secondary N) is 2. The molecule has 2 N–H and O–H groups in total. The fourth-order valence-electron chi connectivity index (χ4n) is 1.90. The first-order valence-corrected chi connectivity index (χ1v) is 8.29. The number of urea groups is 1. The highest BCUT2D eigenvalue weighted by Gasteiger charge is 2.10. The lowest BCUT2D eigenvalue weighted by molar-refractivity contribution is 0.0545. The number of carbonyl (C=O) groups is 1. The summed E-state index contributed by atoms with van der Waals surface area (Å²) in [5, 5.41) is 14.3. The Hall–Kier alpha value is -2.93. The summed E-state index contributed by atoms with van der Waals surface area (Å²) in [7, 11) is 1.60. The lowest BCUT2D eigenvalue weighted by Gasteiger charge is -2.13. The zero-order chi connectivity index (χ0) is 19.5. The van der Waals surface area contributed by atoms with Gasteiger partial charge in [-0.2, -0.15) is 5.26 Å². The molecule has 1 heterocycles. The third-order valence-electron chi connectivity index (χ3n) is 3.11. The Labute approximate surface area is 161 Å². The summed E-state index contributed by atoms with van der Waals surface area (Å²) in [4.78, 5) is 19.9. The van der Waals surface area contributed by atoms with Crippen molar-refractivity contribution in [1.82, 2.24) is 9.97 Å². The summed E-state index contributed by atoms with van der Waals surface area (Å²) in [5.74, 6) is 0.637. The van der Waals surface area contributed by atoms with Crippen molar-refractivity contribution in [3.8, 4) is 11.8 Å². The molecule has 0 aliphatic rings. The van der Waals surface area contributed by atoms with Crippen LogP contribution >= 0.6 is 11.6 Å². The Morgan fingerprint density at radius 2 is 2.00 bits per heavy atom. The van der Waals surface area contributed by atoms with E-state index in [0.29, 0.717) is 42.9 Å². The standard InChI is InChI=1S/C17H18ClN5O4/c1-25-4-5-26-6-7-27-15-3-2-12(18)8-14(15)22-17(24)23-16-11-20-13(9-19)10-21-16/h2-3,8,10-11H,4-7H2,1H3,(H2,21,22,23,24). The second-order valence-corrected chi connectivity index (χ2v) is 5.51. The summed E-state index contributed by atoms with van der Waals surface area (Å²) in [6.45, 7) is 1.65. The molecule has 0 aliphatic heterocycles. The highest BCUT2D eigenvalue weighted by molar-refractivity contribution is 6.31. The predicted molar refractivity (Wildman–Crippen MR) is 99.0 cm³/mol. The Morgan fingerprint density at radius 3 is 2.70 bits per heavy atom. The lowest BCUT2D eigenvalue weighted by Crippen LogP contribution is -2.21. The van der Waals surface area contributed by atoms with E-state index in [0.717, 1.165) is 0 Å². The molecule has 0 spiro atoms. The van der Waals surface area contributed by atoms with Crippen LogP contribution in [0.3, 0.4) is 0 Å². The molecule has 1 aromatic heterocycles. The molecule has 0 radical (unpaired) electrons. The number of hydrogen-bond donors (Lipinski definition) is 2. The van der Waals surface area contributed by atoms with E-state index in [4.69, 9.17) is 31.1 Å². The number of halogens is 1. The predicted octanol–water partition coefficient (Wildman–Crippen LogP) is 2.69. The molecule has 9 nitrogen and oxygen atoms in total. The molecule has 0 fully saturated rings. The largest absolute Gasteiger partial charge is 0.489 e. The first-order chi connectivity index (χ1) is 13.1. The molecule has 142 valence electrons. The Balaban J connectivity index is 1.92. The van der Waals surface area contributed by atoms with Crippen LogP contribution in [0.4, 0.5) is 16.3 Å². The van der Waals surface area contributed by atoms with E-state index in [1.807, 2.05) is 6.07 Å². The molecule has 10 heteroatoms. The Kier molecular flexibility index (Phi) is 8.25. The lowest BCUT2D eigenvalue weighted by atomic mass is 10.3. The van der Waals surface area contributed by atoms with E-state index in [2.05, 4.69) is 20.6 Å². The van der Waals surface area contributed by atoms with E-state index < -0.39 is 6.03 Å². The zero-order valence-electron chi connectivity index (χ0n) is 14.6. The minimum Gasteiger partial charge on any atom is -0.489 e. The van der Waals surface area contributed by atoms with Gasteiger partial charge in [0.05, 0.1) is 37.9 Å². The highest BCUT2D eigenvalue weighted by Crippen LogP contribution is 2.28. The summed E-state index contributed by atoms with van der Waals surface area (Å²) < 4.78 is 15.8. The smallest absolute Gasteiger partial charge is 0.325 e. The van der Waals surface area contributed by atoms with Gasteiger partial charge in [-0.1, -0.05) is 11.6 Å². The molecule has 2 aromatic rings. The summed E-state index contributed by atoms with van der Waals surface area (Å²) >= 11 is 5.99. The van der Waals surface area contributed by atoms with Gasteiger partial charge in [-0.3, -0.25) is 5.32 Å². The Bertz CT molecular complexity index is 795. The first-order valence-electron chi connectivity index (χ1n) is 7.91. The molecule has 2 rings (SSSR count). The summed E-state index contributed by atoms with van der Waals surface area (Å²) in [6, 6.07) is 6.15. The monoisotopic (exact) mass is 391 g/mol. The van der Waals surface area contributed by atoms with Gasteiger partial charge in [-0.25, -0.2) is 14.8 Å². The van der Waals surface area contributed by atoms with Crippen LogP contribution in [0.2, 0.25) is 5.02 Å². The zero-order valence-corrected chi connectivity index (χ0v) is 15.3. The third-order valence-corrected chi connectivity index (χ3v) is 3.35. The molecule has 0 bridgehead atoms. The van der Waals surface area contributed by atoms with Crippen LogP contribution < -0.4 is 15.4 Å². The van der Waals surface area contributed by atoms with Crippen molar-refractivity contribution in [3.63, 3.8) is 0 Å². The van der Waals surface area contributed by atoms with Crippen LogP contribution in [0.5, 0.6) is 5.75 Å². The van der Waals surface area contributed by atoms with Gasteiger partial charge in [0.25, 0.3) is 0 Å². The van der Waals surface area contributed by atoms with Crippen LogP contribution in [0.15, 0.2) is 30.6 Å². The second-order valence-electron chi connectivity index (χ2n) is 5.07. The first kappa shape index (κ1) is 20.4. The van der Waals surface area contributed by atoms with E-state index >= 15 is 0 Å². The average molecular weight is 392 g/mol. The van der Waals surface area contributed by atoms with Crippen molar-refractivity contribution in [1.29, 1.82) is 5.26 Å². The second kappa shape index (κ2) is 10.9. The van der Waals surface area contributed by atoms with Gasteiger partial charge in [0.2, 0.25) is 0 Å². The SMILES string of the molecule is COCCOCCOc1ccc(Cl)cc1NC(=O)Nc1cnc(C#N)cn1. The normalized spacial score (nSPS) is 10.1. The van der Waals surface area contributed by atoms with E-state index in [1.54, 1.807) is 25.3 Å². The molecule has 0 atom stereocenters. The third kappa shape index (κ3) is 7.07. The van der Waals surface area contributed by atoms with E-state index in [1.165, 1.54) is 12.4 Å². The molecule has 0 unspecified atom stereocenters. The van der Waals surface area contributed by atoms with Gasteiger partial charge >= 0.3 is 6.03 Å². The van der Waals surface area contributed by atoms with Gasteiger partial charge in [0.15, 0.2) is 11.5 Å². The van der Waals surface area contributed by atoms with Crippen molar-refractivity contribution in [2.45, 2.75) is 0 Å². The van der Waals surface area contributed by atoms with E-state index in [-0.39, 0.29) is 11.5 Å². The molecule has 0 saturated heterocycles. The van der Waals surface area contributed by atoms with Gasteiger partial charge in [0.1, 0.15) is 18.4 Å². The highest BCUT2D eigenvalue weighted by atomic mass is 35.5. The maximum atomic E-state index is 12.2. The molecule has 0 saturated carbocycles. The molecular weight excluding hydrogens is 374 g/mol. The van der Waals surface area contributed by atoms with Gasteiger partial charge in [-0.05, 0) is 18.2 Å². The minimum atomic E-state index is -0.558. The molecule has 27 heavy (non-hydrogen) atoms. The van der Waals surface area contributed by atoms with Crippen LogP contribution in [0.1, 0.15) is 5.69 Å². The number of benzene rings is 1. The van der Waals surface area contributed by atoms with Gasteiger partial charge < -0.3 is 19.5 Å². The number of ether oxygens (including phenoxy) is 3. The number of nitriles is 1. The van der Waals surface area contributed by atoms with Crippen LogP contribution in [-0.2, 0) is 9.47 Å². The number of hydrogen-bond acceptors (Lipinski definition) is 7. The quantitative estimate of drug-likeness (QED) is 0.630. The number of nitrogens with zero attached hydrogens (tertiary/aromatic N) is 3. The molecular formula is C17H18ClN5O4. The maximum Gasteiger partial charge on any atom is 0.325 e. The van der Waals surface area contributed by atoms with Crippen molar-refractivity contribution in [2.24, 2.45) is 0 Å². The van der Waals surface area contributed by atoms with Crippen LogP contribution in [-0.4, -0.2) is 49.5 Å². The van der Waals surface area contributed by atoms with Crippen molar-refractivity contribution < 1.29 is 19.0 Å².